The van der Waals surface area contributed by atoms with Crippen molar-refractivity contribution < 1.29 is 14.0 Å². The number of carbonyl (C=O) groups excluding carboxylic acids is 1. The summed E-state index contributed by atoms with van der Waals surface area (Å²) in [6.07, 6.45) is 2.09. The number of piperidine rings is 1. The van der Waals surface area contributed by atoms with Crippen LogP contribution in [0.1, 0.15) is 50.8 Å². The van der Waals surface area contributed by atoms with Crippen LogP contribution in [0.4, 0.5) is 0 Å². The molecule has 0 aliphatic carbocycles. The Morgan fingerprint density at radius 1 is 0.944 bits per heavy atom. The number of carbonyl (C=O) groups is 1. The third kappa shape index (κ3) is 6.30. The second kappa shape index (κ2) is 12.6. The van der Waals surface area contributed by atoms with E-state index in [2.05, 4.69) is 110 Å². The number of hydrogen-bond donors (Lipinski definition) is 1. The van der Waals surface area contributed by atoms with Gasteiger partial charge in [0.1, 0.15) is 0 Å². The minimum atomic E-state index is -2.55. The third-order valence-corrected chi connectivity index (χ3v) is 11.7. The smallest absolute Gasteiger partial charge is 0.292 e. The van der Waals surface area contributed by atoms with Crippen LogP contribution < -0.4 is 15.7 Å². The van der Waals surface area contributed by atoms with Gasteiger partial charge in [-0.3, -0.25) is 4.79 Å². The molecule has 3 aromatic carbocycles. The van der Waals surface area contributed by atoms with Crippen LogP contribution in [-0.4, -0.2) is 34.5 Å². The zero-order valence-corrected chi connectivity index (χ0v) is 22.6. The maximum absolute atomic E-state index is 9.12. The molecule has 1 heterocycles. The predicted octanol–water partition coefficient (Wildman–Crippen LogP) is 4.72. The molecular weight excluding hydrogens is 464 g/mol. The molecule has 2 unspecified atom stereocenters. The number of rotatable bonds is 6. The summed E-state index contributed by atoms with van der Waals surface area (Å²) in [5.41, 5.74) is 1.92. The first kappa shape index (κ1) is 27.3. The van der Waals surface area contributed by atoms with Gasteiger partial charge < -0.3 is 14.5 Å². The second-order valence-electron chi connectivity index (χ2n) is 10.00. The van der Waals surface area contributed by atoms with Crippen LogP contribution in [0.2, 0.25) is 5.04 Å². The van der Waals surface area contributed by atoms with E-state index in [1.165, 1.54) is 23.0 Å². The van der Waals surface area contributed by atoms with Crippen LogP contribution in [-0.2, 0) is 14.0 Å². The first-order valence-corrected chi connectivity index (χ1v) is 14.2. The zero-order chi connectivity index (χ0) is 26.0. The summed E-state index contributed by atoms with van der Waals surface area (Å²) in [5.74, 6) is 0. The average Bonchev–Trinajstić information content (AvgIpc) is 2.92. The van der Waals surface area contributed by atoms with E-state index in [1.807, 2.05) is 12.1 Å². The maximum Gasteiger partial charge on any atom is 0.292 e. The minimum Gasteiger partial charge on any atom is -0.471 e. The van der Waals surface area contributed by atoms with Crippen molar-refractivity contribution in [3.63, 3.8) is 0 Å². The van der Waals surface area contributed by atoms with Crippen molar-refractivity contribution in [2.75, 3.05) is 13.7 Å². The van der Waals surface area contributed by atoms with Crippen molar-refractivity contribution in [1.82, 2.24) is 5.32 Å². The van der Waals surface area contributed by atoms with Gasteiger partial charge in [-0.2, -0.15) is 5.26 Å². The van der Waals surface area contributed by atoms with Gasteiger partial charge >= 0.3 is 0 Å². The Balaban J connectivity index is 0.000000840. The summed E-state index contributed by atoms with van der Waals surface area (Å²) in [7, 11) is -1.24. The number of hydrogen-bond acceptors (Lipinski definition) is 5. The molecular formula is C30H36N2O3Si. The maximum atomic E-state index is 9.12. The van der Waals surface area contributed by atoms with Gasteiger partial charge in [0.15, 0.2) is 0 Å². The number of methoxy groups -OCH3 is 1. The average molecular weight is 501 g/mol. The molecule has 1 N–H and O–H groups in total. The van der Waals surface area contributed by atoms with Crippen LogP contribution in [0.5, 0.6) is 0 Å². The van der Waals surface area contributed by atoms with E-state index in [-0.39, 0.29) is 17.2 Å². The number of benzene rings is 3. The summed E-state index contributed by atoms with van der Waals surface area (Å²) in [4.78, 5) is 8.95. The van der Waals surface area contributed by atoms with Gasteiger partial charge in [0, 0.05) is 12.1 Å². The first-order valence-electron chi connectivity index (χ1n) is 12.3. The molecule has 2 atom stereocenters. The van der Waals surface area contributed by atoms with Crippen molar-refractivity contribution in [1.29, 1.82) is 5.26 Å². The van der Waals surface area contributed by atoms with E-state index in [1.54, 1.807) is 0 Å². The summed E-state index contributed by atoms with van der Waals surface area (Å²) in [6, 6.07) is 32.1. The Morgan fingerprint density at radius 2 is 1.47 bits per heavy atom. The predicted molar refractivity (Wildman–Crippen MR) is 147 cm³/mol. The molecule has 1 aliphatic heterocycles. The van der Waals surface area contributed by atoms with Crippen molar-refractivity contribution in [2.45, 2.75) is 50.8 Å². The lowest BCUT2D eigenvalue weighted by Gasteiger charge is -2.46. The van der Waals surface area contributed by atoms with Gasteiger partial charge in [-0.25, -0.2) is 0 Å². The van der Waals surface area contributed by atoms with Gasteiger partial charge in [0.2, 0.25) is 0 Å². The fraction of sp³-hybridized carbons (Fsp3) is 0.333. The molecule has 0 amide bonds. The van der Waals surface area contributed by atoms with Gasteiger partial charge in [0.25, 0.3) is 14.8 Å². The van der Waals surface area contributed by atoms with Gasteiger partial charge in [-0.05, 0) is 52.5 Å². The number of ether oxygens (including phenoxy) is 1. The molecule has 188 valence electrons. The molecule has 4 rings (SSSR count). The second-order valence-corrected chi connectivity index (χ2v) is 14.3. The lowest BCUT2D eigenvalue weighted by molar-refractivity contribution is -0.126. The normalized spacial score (nSPS) is 17.8. The van der Waals surface area contributed by atoms with Crippen molar-refractivity contribution in [3.05, 3.63) is 96.1 Å². The number of nitriles is 1. The number of nitrogens with zero attached hydrogens (tertiary/aromatic N) is 1. The van der Waals surface area contributed by atoms with E-state index in [4.69, 9.17) is 14.5 Å². The molecule has 6 heteroatoms. The molecule has 1 fully saturated rings. The number of nitrogens with one attached hydrogen (secondary N) is 1. The molecule has 0 saturated carbocycles. The Kier molecular flexibility index (Phi) is 9.60. The fourth-order valence-electron chi connectivity index (χ4n) is 4.97. The highest BCUT2D eigenvalue weighted by molar-refractivity contribution is 6.99. The third-order valence-electron chi connectivity index (χ3n) is 6.65. The lowest BCUT2D eigenvalue weighted by Crippen LogP contribution is -2.68. The molecule has 0 radical (unpaired) electrons. The van der Waals surface area contributed by atoms with Crippen LogP contribution in [0.15, 0.2) is 84.9 Å². The van der Waals surface area contributed by atoms with E-state index >= 15 is 0 Å². The van der Waals surface area contributed by atoms with Gasteiger partial charge in [0.05, 0.1) is 18.7 Å². The summed E-state index contributed by atoms with van der Waals surface area (Å²) >= 11 is 0. The Hall–Kier alpha value is -3.24. The quantitative estimate of drug-likeness (QED) is 0.392. The van der Waals surface area contributed by atoms with Crippen LogP contribution in [0.3, 0.4) is 0 Å². The molecule has 5 nitrogen and oxygen atoms in total. The molecule has 0 aromatic heterocycles. The highest BCUT2D eigenvalue weighted by atomic mass is 28.4. The van der Waals surface area contributed by atoms with E-state index in [0.29, 0.717) is 12.0 Å². The fourth-order valence-corrected chi connectivity index (χ4v) is 9.70. The first-order chi connectivity index (χ1) is 17.4. The van der Waals surface area contributed by atoms with Gasteiger partial charge in [-0.15, -0.1) is 0 Å². The largest absolute Gasteiger partial charge is 0.471 e. The van der Waals surface area contributed by atoms with Crippen LogP contribution in [0.25, 0.3) is 0 Å². The zero-order valence-electron chi connectivity index (χ0n) is 21.6. The Morgan fingerprint density at radius 3 is 1.92 bits per heavy atom. The molecule has 3 aromatic rings. The van der Waals surface area contributed by atoms with E-state index in [9.17, 15) is 0 Å². The van der Waals surface area contributed by atoms with E-state index in [0.717, 1.165) is 19.4 Å². The van der Waals surface area contributed by atoms with Crippen LogP contribution >= 0.6 is 0 Å². The molecule has 1 aliphatic rings. The summed E-state index contributed by atoms with van der Waals surface area (Å²) < 4.78 is 11.2. The van der Waals surface area contributed by atoms with Crippen LogP contribution in [0, 0.1) is 11.3 Å². The van der Waals surface area contributed by atoms with E-state index < -0.39 is 8.32 Å². The van der Waals surface area contributed by atoms with Crippen molar-refractivity contribution in [3.8, 4) is 6.07 Å². The Bertz CT molecular complexity index is 1080. The minimum absolute atomic E-state index is 0.0233. The molecule has 0 spiro atoms. The molecule has 36 heavy (non-hydrogen) atoms. The highest BCUT2D eigenvalue weighted by Crippen LogP contribution is 2.39. The monoisotopic (exact) mass is 500 g/mol. The summed E-state index contributed by atoms with van der Waals surface area (Å²) in [5, 5.41) is 15.4. The SMILES string of the molecule is CC(C)(C)[Si](OC1CCNC(c2ccc(C#N)cc2)C1)(c1ccccc1)c1ccccc1.COC=O. The lowest BCUT2D eigenvalue weighted by atomic mass is 9.95. The van der Waals surface area contributed by atoms with Crippen molar-refractivity contribution >= 4 is 25.2 Å². The summed E-state index contributed by atoms with van der Waals surface area (Å²) in [6.45, 7) is 8.29. The van der Waals surface area contributed by atoms with Crippen molar-refractivity contribution in [2.24, 2.45) is 0 Å². The topological polar surface area (TPSA) is 71.3 Å². The molecule has 1 saturated heterocycles. The standard InChI is InChI=1S/C28H32N2OSi.C2H4O2/c1-28(2,3)32(25-10-6-4-7-11-25,26-12-8-5-9-13-26)31-24-18-19-30-27(20-24)23-16-14-22(21-29)15-17-23;1-4-2-3/h4-17,24,27,30H,18-20H2,1-3H3;2H,1H3. The highest BCUT2D eigenvalue weighted by Gasteiger charge is 2.51. The Labute approximate surface area is 216 Å². The molecule has 0 bridgehead atoms. The van der Waals surface area contributed by atoms with Gasteiger partial charge in [-0.1, -0.05) is 93.6 Å².